The number of rotatable bonds is 42. The Morgan fingerprint density at radius 3 is 1.24 bits per heavy atom. The summed E-state index contributed by atoms with van der Waals surface area (Å²) < 4.78 is 33.9. The summed E-state index contributed by atoms with van der Waals surface area (Å²) in [6.07, 6.45) is 13.0. The zero-order chi connectivity index (χ0) is 54.1. The van der Waals surface area contributed by atoms with Crippen LogP contribution < -0.4 is 5.32 Å². The SMILES string of the molecule is CCCCCCCCCCCCCCCCCCCCCCCCCCCC/C=C/C(O)C(COC1OC(CO)C(OC2OC(CO)C(OC3OC(CO)C(O)C(O)C3O)C(O)C2O)C(O)C1O)NC(=O)CCC. The third-order valence-electron chi connectivity index (χ3n) is 14.8. The van der Waals surface area contributed by atoms with E-state index in [0.29, 0.717) is 6.42 Å². The predicted octanol–water partition coefficient (Wildman–Crippen LogP) is 4.21. The average molecular weight is 1070 g/mol. The van der Waals surface area contributed by atoms with E-state index < -0.39 is 124 Å². The summed E-state index contributed by atoms with van der Waals surface area (Å²) in [5, 5.41) is 119. The van der Waals surface area contributed by atoms with E-state index in [-0.39, 0.29) is 18.9 Å². The lowest BCUT2D eigenvalue weighted by Crippen LogP contribution is -2.66. The van der Waals surface area contributed by atoms with Gasteiger partial charge in [-0.25, -0.2) is 0 Å². The van der Waals surface area contributed by atoms with Gasteiger partial charge in [0.05, 0.1) is 38.6 Å². The van der Waals surface area contributed by atoms with Crippen LogP contribution in [-0.4, -0.2) is 193 Å². The van der Waals surface area contributed by atoms with Crippen LogP contribution in [0.2, 0.25) is 0 Å². The van der Waals surface area contributed by atoms with Crippen molar-refractivity contribution in [1.82, 2.24) is 5.32 Å². The van der Waals surface area contributed by atoms with Gasteiger partial charge in [0.1, 0.15) is 73.2 Å². The highest BCUT2D eigenvalue weighted by Crippen LogP contribution is 2.33. The first kappa shape index (κ1) is 66.8. The number of hydrogen-bond donors (Lipinski definition) is 12. The zero-order valence-electron chi connectivity index (χ0n) is 45.1. The van der Waals surface area contributed by atoms with E-state index in [1.807, 2.05) is 13.0 Å². The molecule has 19 heteroatoms. The van der Waals surface area contributed by atoms with Crippen LogP contribution in [0, 0.1) is 0 Å². The van der Waals surface area contributed by atoms with Crippen LogP contribution in [0.3, 0.4) is 0 Å². The highest BCUT2D eigenvalue weighted by atomic mass is 16.8. The number of aliphatic hydroxyl groups is 11. The van der Waals surface area contributed by atoms with E-state index in [4.69, 9.17) is 28.4 Å². The molecular formula is C55H103NO18. The van der Waals surface area contributed by atoms with E-state index in [1.165, 1.54) is 148 Å². The third kappa shape index (κ3) is 24.3. The molecule has 3 fully saturated rings. The van der Waals surface area contributed by atoms with Gasteiger partial charge in [-0.2, -0.15) is 0 Å². The summed E-state index contributed by atoms with van der Waals surface area (Å²) >= 11 is 0. The summed E-state index contributed by atoms with van der Waals surface area (Å²) in [6.45, 7) is 1.34. The maximum absolute atomic E-state index is 12.6. The fourth-order valence-electron chi connectivity index (χ4n) is 10.1. The third-order valence-corrected chi connectivity index (χ3v) is 14.8. The maximum Gasteiger partial charge on any atom is 0.220 e. The zero-order valence-corrected chi connectivity index (χ0v) is 45.1. The van der Waals surface area contributed by atoms with Gasteiger partial charge in [0, 0.05) is 6.42 Å². The van der Waals surface area contributed by atoms with Crippen LogP contribution in [-0.2, 0) is 33.2 Å². The van der Waals surface area contributed by atoms with Gasteiger partial charge in [0.2, 0.25) is 5.91 Å². The Morgan fingerprint density at radius 1 is 0.473 bits per heavy atom. The molecule has 0 saturated carbocycles. The molecule has 3 rings (SSSR count). The predicted molar refractivity (Wildman–Crippen MR) is 277 cm³/mol. The van der Waals surface area contributed by atoms with Crippen molar-refractivity contribution in [3.8, 4) is 0 Å². The topological polar surface area (TPSA) is 307 Å². The van der Waals surface area contributed by atoms with Crippen molar-refractivity contribution in [1.29, 1.82) is 0 Å². The fraction of sp³-hybridized carbons (Fsp3) is 0.945. The lowest BCUT2D eigenvalue weighted by molar-refractivity contribution is -0.379. The summed E-state index contributed by atoms with van der Waals surface area (Å²) in [4.78, 5) is 12.6. The largest absolute Gasteiger partial charge is 0.394 e. The molecule has 74 heavy (non-hydrogen) atoms. The van der Waals surface area contributed by atoms with Gasteiger partial charge >= 0.3 is 0 Å². The first-order valence-corrected chi connectivity index (χ1v) is 28.9. The van der Waals surface area contributed by atoms with Crippen molar-refractivity contribution in [2.45, 2.75) is 304 Å². The molecule has 19 nitrogen and oxygen atoms in total. The van der Waals surface area contributed by atoms with Crippen LogP contribution >= 0.6 is 0 Å². The highest BCUT2D eigenvalue weighted by molar-refractivity contribution is 5.76. The number of hydrogen-bond acceptors (Lipinski definition) is 18. The Balaban J connectivity index is 1.31. The molecular weight excluding hydrogens is 963 g/mol. The molecule has 3 aliphatic heterocycles. The lowest BCUT2D eigenvalue weighted by Gasteiger charge is -2.48. The molecule has 1 amide bonds. The Labute approximate surface area is 442 Å². The molecule has 0 aromatic rings. The average Bonchev–Trinajstić information content (AvgIpc) is 3.39. The molecule has 17 unspecified atom stereocenters. The van der Waals surface area contributed by atoms with Gasteiger partial charge < -0.3 is 89.9 Å². The summed E-state index contributed by atoms with van der Waals surface area (Å²) in [7, 11) is 0. The maximum atomic E-state index is 12.6. The minimum Gasteiger partial charge on any atom is -0.394 e. The van der Waals surface area contributed by atoms with E-state index in [2.05, 4.69) is 12.2 Å². The van der Waals surface area contributed by atoms with Crippen LogP contribution in [0.5, 0.6) is 0 Å². The van der Waals surface area contributed by atoms with Crippen LogP contribution in [0.1, 0.15) is 200 Å². The molecule has 0 spiro atoms. The van der Waals surface area contributed by atoms with E-state index in [9.17, 15) is 61.0 Å². The number of carbonyl (C=O) groups excluding carboxylic acids is 1. The molecule has 0 aromatic heterocycles. The first-order chi connectivity index (χ1) is 35.8. The molecule has 436 valence electrons. The van der Waals surface area contributed by atoms with E-state index in [0.717, 1.165) is 25.7 Å². The number of allylic oxidation sites excluding steroid dienone is 1. The number of aliphatic hydroxyl groups excluding tert-OH is 11. The van der Waals surface area contributed by atoms with Gasteiger partial charge in [0.15, 0.2) is 18.9 Å². The molecule has 17 atom stereocenters. The van der Waals surface area contributed by atoms with Crippen LogP contribution in [0.4, 0.5) is 0 Å². The normalized spacial score (nSPS) is 31.5. The molecule has 3 saturated heterocycles. The summed E-state index contributed by atoms with van der Waals surface area (Å²) in [5.74, 6) is -0.328. The molecule has 3 heterocycles. The van der Waals surface area contributed by atoms with Crippen molar-refractivity contribution in [3.63, 3.8) is 0 Å². The smallest absolute Gasteiger partial charge is 0.220 e. The van der Waals surface area contributed by atoms with Crippen LogP contribution in [0.15, 0.2) is 12.2 Å². The van der Waals surface area contributed by atoms with E-state index in [1.54, 1.807) is 6.08 Å². The molecule has 0 aliphatic carbocycles. The Bertz CT molecular complexity index is 1410. The molecule has 0 radical (unpaired) electrons. The quantitative estimate of drug-likeness (QED) is 0.0301. The van der Waals surface area contributed by atoms with Gasteiger partial charge in [-0.15, -0.1) is 0 Å². The number of ether oxygens (including phenoxy) is 6. The summed E-state index contributed by atoms with van der Waals surface area (Å²) in [6, 6.07) is -0.963. The number of amides is 1. The Morgan fingerprint density at radius 2 is 0.838 bits per heavy atom. The monoisotopic (exact) mass is 1070 g/mol. The fourth-order valence-corrected chi connectivity index (χ4v) is 10.1. The lowest BCUT2D eigenvalue weighted by atomic mass is 9.96. The molecule has 0 aromatic carbocycles. The second-order valence-corrected chi connectivity index (χ2v) is 21.1. The number of carbonyl (C=O) groups is 1. The van der Waals surface area contributed by atoms with Crippen molar-refractivity contribution in [3.05, 3.63) is 12.2 Å². The molecule has 12 N–H and O–H groups in total. The van der Waals surface area contributed by atoms with E-state index >= 15 is 0 Å². The number of unbranched alkanes of at least 4 members (excludes halogenated alkanes) is 26. The second kappa shape index (κ2) is 39.8. The molecule has 3 aliphatic rings. The second-order valence-electron chi connectivity index (χ2n) is 21.1. The Hall–Kier alpha value is -1.47. The minimum absolute atomic E-state index is 0.195. The van der Waals surface area contributed by atoms with Crippen molar-refractivity contribution in [2.75, 3.05) is 26.4 Å². The van der Waals surface area contributed by atoms with Crippen molar-refractivity contribution in [2.24, 2.45) is 0 Å². The van der Waals surface area contributed by atoms with Crippen molar-refractivity contribution >= 4 is 5.91 Å². The van der Waals surface area contributed by atoms with Gasteiger partial charge in [0.25, 0.3) is 0 Å². The first-order valence-electron chi connectivity index (χ1n) is 28.9. The van der Waals surface area contributed by atoms with Gasteiger partial charge in [-0.1, -0.05) is 187 Å². The van der Waals surface area contributed by atoms with Gasteiger partial charge in [-0.05, 0) is 19.3 Å². The molecule has 0 bridgehead atoms. The Kier molecular flexibility index (Phi) is 35.9. The minimum atomic E-state index is -1.97. The summed E-state index contributed by atoms with van der Waals surface area (Å²) in [5.41, 5.74) is 0. The number of nitrogens with one attached hydrogen (secondary N) is 1. The standard InChI is InChI=1S/C55H103NO18/c1-3-5-6-7-8-9-10-11-12-13-14-15-16-17-18-19-20-21-22-23-24-25-26-27-28-29-30-31-33-39(60)38(56-43(61)32-4-2)37-69-53-49(67)46(64)51(41(35-58)71-53)74-55-50(68)47(65)52(42(36-59)72-55)73-54-48(66)45(63)44(62)40(34-57)70-54/h31,33,38-42,44-55,57-60,62-68H,3-30,32,34-37H2,1-2H3,(H,56,61)/b33-31+. The highest BCUT2D eigenvalue weighted by Gasteiger charge is 2.53. The van der Waals surface area contributed by atoms with Crippen LogP contribution in [0.25, 0.3) is 0 Å². The van der Waals surface area contributed by atoms with Crippen molar-refractivity contribution < 1.29 is 89.4 Å². The van der Waals surface area contributed by atoms with Gasteiger partial charge in [-0.3, -0.25) is 4.79 Å².